The van der Waals surface area contributed by atoms with Gasteiger partial charge in [-0.1, -0.05) is 118 Å². The molecule has 42 heavy (non-hydrogen) atoms. The molecule has 1 N–H and O–H groups in total. The topological polar surface area (TPSA) is 79.0 Å². The molecule has 7 heteroatoms. The first-order chi connectivity index (χ1) is 20.4. The smallest absolute Gasteiger partial charge is 0.407 e. The molecule has 220 valence electrons. The summed E-state index contributed by atoms with van der Waals surface area (Å²) >= 11 is 0. The fraction of sp³-hybridized carbons (Fsp3) is 0.343. The molecule has 1 aliphatic rings. The van der Waals surface area contributed by atoms with Crippen LogP contribution in [-0.2, 0) is 20.7 Å². The number of rotatable bonds is 12. The lowest BCUT2D eigenvalue weighted by Gasteiger charge is -2.41. The van der Waals surface area contributed by atoms with Crippen molar-refractivity contribution in [2.45, 2.75) is 57.5 Å². The predicted octanol–water partition coefficient (Wildman–Crippen LogP) is 6.12. The monoisotopic (exact) mass is 567 g/mol. The Morgan fingerprint density at radius 2 is 1.45 bits per heavy atom. The molecule has 0 saturated carbocycles. The van der Waals surface area contributed by atoms with E-state index in [0.29, 0.717) is 6.54 Å². The molecule has 0 unspecified atom stereocenters. The molecular formula is C35H41N3O4. The number of methoxy groups -OCH3 is 1. The van der Waals surface area contributed by atoms with E-state index in [1.54, 1.807) is 17.3 Å². The predicted molar refractivity (Wildman–Crippen MR) is 164 cm³/mol. The van der Waals surface area contributed by atoms with Crippen molar-refractivity contribution in [3.05, 3.63) is 120 Å². The molecule has 4 rings (SSSR count). The van der Waals surface area contributed by atoms with E-state index in [2.05, 4.69) is 36.5 Å². The standard InChI is InChI=1S/C35H41N3O4/c1-4-5-15-26(2)32-34(40)37(25-30(28-18-11-7-12-19-28)29-20-13-8-14-21-29)22-23-38(32)33(39)31(36-35(41)42-3)24-27-16-9-6-10-17-27/h6-14,16-23,26,30-32H,4-5,15,24-25H2,1-3H3,(H,36,41)/t26-,31+,32+/m0/s1. The van der Waals surface area contributed by atoms with E-state index in [1.807, 2.05) is 73.7 Å². The first-order valence-corrected chi connectivity index (χ1v) is 14.7. The Morgan fingerprint density at radius 3 is 2.00 bits per heavy atom. The Balaban J connectivity index is 1.66. The van der Waals surface area contributed by atoms with Crippen LogP contribution in [0.4, 0.5) is 4.79 Å². The Labute approximate surface area is 249 Å². The highest BCUT2D eigenvalue weighted by Gasteiger charge is 2.41. The fourth-order valence-corrected chi connectivity index (χ4v) is 5.57. The zero-order valence-electron chi connectivity index (χ0n) is 24.7. The lowest BCUT2D eigenvalue weighted by molar-refractivity contribution is -0.146. The molecule has 0 bridgehead atoms. The number of ether oxygens (including phenoxy) is 1. The van der Waals surface area contributed by atoms with Gasteiger partial charge in [-0.3, -0.25) is 9.59 Å². The van der Waals surface area contributed by atoms with Crippen molar-refractivity contribution < 1.29 is 19.1 Å². The maximum atomic E-state index is 14.3. The highest BCUT2D eigenvalue weighted by molar-refractivity contribution is 5.94. The zero-order valence-corrected chi connectivity index (χ0v) is 24.7. The van der Waals surface area contributed by atoms with Gasteiger partial charge < -0.3 is 19.9 Å². The summed E-state index contributed by atoms with van der Waals surface area (Å²) in [7, 11) is 1.27. The number of benzene rings is 3. The van der Waals surface area contributed by atoms with E-state index in [-0.39, 0.29) is 30.1 Å². The number of nitrogens with one attached hydrogen (secondary N) is 1. The summed E-state index contributed by atoms with van der Waals surface area (Å²) in [6.45, 7) is 4.59. The van der Waals surface area contributed by atoms with Crippen molar-refractivity contribution in [3.63, 3.8) is 0 Å². The second-order valence-corrected chi connectivity index (χ2v) is 10.9. The fourth-order valence-electron chi connectivity index (χ4n) is 5.57. The Hall–Kier alpha value is -4.39. The largest absolute Gasteiger partial charge is 0.453 e. The highest BCUT2D eigenvalue weighted by Crippen LogP contribution is 2.30. The van der Waals surface area contributed by atoms with E-state index >= 15 is 0 Å². The molecular weight excluding hydrogens is 526 g/mol. The van der Waals surface area contributed by atoms with Gasteiger partial charge in [0.15, 0.2) is 0 Å². The first kappa shape index (κ1) is 30.6. The minimum Gasteiger partial charge on any atom is -0.453 e. The third-order valence-electron chi connectivity index (χ3n) is 7.89. The zero-order chi connectivity index (χ0) is 29.9. The summed E-state index contributed by atoms with van der Waals surface area (Å²) in [5.74, 6) is -0.592. The number of nitrogens with zero attached hydrogens (tertiary/aromatic N) is 2. The lowest BCUT2D eigenvalue weighted by atomic mass is 9.89. The molecule has 7 nitrogen and oxygen atoms in total. The van der Waals surface area contributed by atoms with Gasteiger partial charge in [0.1, 0.15) is 12.1 Å². The van der Waals surface area contributed by atoms with Gasteiger partial charge in [0.2, 0.25) is 11.8 Å². The van der Waals surface area contributed by atoms with Gasteiger partial charge in [0.25, 0.3) is 0 Å². The number of unbranched alkanes of at least 4 members (excludes halogenated alkanes) is 1. The Kier molecular flexibility index (Phi) is 10.9. The van der Waals surface area contributed by atoms with Crippen molar-refractivity contribution in [3.8, 4) is 0 Å². The maximum absolute atomic E-state index is 14.3. The van der Waals surface area contributed by atoms with Crippen LogP contribution >= 0.6 is 0 Å². The number of hydrogen-bond acceptors (Lipinski definition) is 4. The first-order valence-electron chi connectivity index (χ1n) is 14.7. The number of carbonyl (C=O) groups excluding carboxylic acids is 3. The molecule has 1 aliphatic heterocycles. The van der Waals surface area contributed by atoms with Crippen LogP contribution in [0.25, 0.3) is 0 Å². The van der Waals surface area contributed by atoms with Gasteiger partial charge in [-0.05, 0) is 29.0 Å². The van der Waals surface area contributed by atoms with E-state index in [4.69, 9.17) is 4.74 Å². The van der Waals surface area contributed by atoms with Crippen LogP contribution < -0.4 is 5.32 Å². The Morgan fingerprint density at radius 1 is 0.881 bits per heavy atom. The molecule has 3 amide bonds. The molecule has 0 radical (unpaired) electrons. The summed E-state index contributed by atoms with van der Waals surface area (Å²) in [6.07, 6.45) is 5.73. The molecule has 0 spiro atoms. The van der Waals surface area contributed by atoms with Gasteiger partial charge in [-0.25, -0.2) is 4.79 Å². The highest BCUT2D eigenvalue weighted by atomic mass is 16.5. The van der Waals surface area contributed by atoms with Crippen LogP contribution in [0.5, 0.6) is 0 Å². The van der Waals surface area contributed by atoms with Gasteiger partial charge in [0, 0.05) is 31.3 Å². The van der Waals surface area contributed by atoms with Crippen molar-refractivity contribution in [2.24, 2.45) is 5.92 Å². The number of hydrogen-bond donors (Lipinski definition) is 1. The Bertz CT molecular complexity index is 1290. The van der Waals surface area contributed by atoms with Crippen LogP contribution in [0, 0.1) is 5.92 Å². The van der Waals surface area contributed by atoms with Gasteiger partial charge in [0.05, 0.1) is 7.11 Å². The van der Waals surface area contributed by atoms with Crippen LogP contribution in [0.15, 0.2) is 103 Å². The lowest BCUT2D eigenvalue weighted by Crippen LogP contribution is -2.58. The average Bonchev–Trinajstić information content (AvgIpc) is 3.03. The second-order valence-electron chi connectivity index (χ2n) is 10.9. The molecule has 3 atom stereocenters. The normalized spacial score (nSPS) is 16.3. The number of alkyl carbamates (subject to hydrolysis) is 1. The molecule has 1 heterocycles. The summed E-state index contributed by atoms with van der Waals surface area (Å²) < 4.78 is 4.84. The number of amides is 3. The van der Waals surface area contributed by atoms with Gasteiger partial charge >= 0.3 is 6.09 Å². The van der Waals surface area contributed by atoms with Gasteiger partial charge in [-0.2, -0.15) is 0 Å². The maximum Gasteiger partial charge on any atom is 0.407 e. The minimum atomic E-state index is -0.897. The summed E-state index contributed by atoms with van der Waals surface area (Å²) in [5.41, 5.74) is 3.12. The third-order valence-corrected chi connectivity index (χ3v) is 7.89. The third kappa shape index (κ3) is 7.66. The minimum absolute atomic E-state index is 0.0401. The molecule has 0 aliphatic carbocycles. The van der Waals surface area contributed by atoms with Crippen LogP contribution in [0.2, 0.25) is 0 Å². The summed E-state index contributed by atoms with van der Waals surface area (Å²) in [6, 6.07) is 28.3. The van der Waals surface area contributed by atoms with E-state index in [0.717, 1.165) is 36.0 Å². The quantitative estimate of drug-likeness (QED) is 0.286. The van der Waals surface area contributed by atoms with Crippen LogP contribution in [0.1, 0.15) is 55.7 Å². The molecule has 0 saturated heterocycles. The van der Waals surface area contributed by atoms with Crippen molar-refractivity contribution >= 4 is 17.9 Å². The second kappa shape index (κ2) is 15.0. The molecule has 3 aromatic rings. The van der Waals surface area contributed by atoms with Crippen molar-refractivity contribution in [2.75, 3.05) is 13.7 Å². The molecule has 3 aromatic carbocycles. The average molecular weight is 568 g/mol. The summed E-state index contributed by atoms with van der Waals surface area (Å²) in [4.78, 5) is 43.9. The van der Waals surface area contributed by atoms with E-state index < -0.39 is 18.2 Å². The van der Waals surface area contributed by atoms with E-state index in [9.17, 15) is 14.4 Å². The van der Waals surface area contributed by atoms with Gasteiger partial charge in [-0.15, -0.1) is 0 Å². The SMILES string of the molecule is CCCC[C@H](C)[C@@H]1C(=O)N(CC(c2ccccc2)c2ccccc2)C=CN1C(=O)[C@@H](Cc1ccccc1)NC(=O)OC. The van der Waals surface area contributed by atoms with Crippen molar-refractivity contribution in [1.29, 1.82) is 0 Å². The molecule has 0 fully saturated rings. The number of carbonyl (C=O) groups is 3. The van der Waals surface area contributed by atoms with E-state index in [1.165, 1.54) is 12.0 Å². The van der Waals surface area contributed by atoms with Crippen LogP contribution in [0.3, 0.4) is 0 Å². The summed E-state index contributed by atoms with van der Waals surface area (Å²) in [5, 5.41) is 2.70. The molecule has 0 aromatic heterocycles. The van der Waals surface area contributed by atoms with Crippen LogP contribution in [-0.4, -0.2) is 53.4 Å². The van der Waals surface area contributed by atoms with Crippen molar-refractivity contribution in [1.82, 2.24) is 15.1 Å².